The third kappa shape index (κ3) is 4.82. The SMILES string of the molecule is CC(C)C[C@H](N)C(=O)Nc1ccc(F)c(C(=O)N(C)C)c1. The second kappa shape index (κ2) is 7.17. The quantitative estimate of drug-likeness (QED) is 0.870. The van der Waals surface area contributed by atoms with Crippen LogP contribution in [0, 0.1) is 11.7 Å². The van der Waals surface area contributed by atoms with Crippen LogP contribution < -0.4 is 11.1 Å². The summed E-state index contributed by atoms with van der Waals surface area (Å²) in [5, 5.41) is 2.61. The number of nitrogens with zero attached hydrogens (tertiary/aromatic N) is 1. The lowest BCUT2D eigenvalue weighted by molar-refractivity contribution is -0.117. The first-order valence-electron chi connectivity index (χ1n) is 6.80. The molecule has 2 amide bonds. The first-order valence-corrected chi connectivity index (χ1v) is 6.80. The third-order valence-corrected chi connectivity index (χ3v) is 2.93. The summed E-state index contributed by atoms with van der Waals surface area (Å²) in [4.78, 5) is 25.0. The summed E-state index contributed by atoms with van der Waals surface area (Å²) in [5.74, 6) is -1.14. The minimum absolute atomic E-state index is 0.0877. The van der Waals surface area contributed by atoms with Gasteiger partial charge in [0, 0.05) is 19.8 Å². The summed E-state index contributed by atoms with van der Waals surface area (Å²) in [7, 11) is 3.07. The topological polar surface area (TPSA) is 75.4 Å². The summed E-state index contributed by atoms with van der Waals surface area (Å²) in [6.07, 6.45) is 0.552. The van der Waals surface area contributed by atoms with E-state index in [2.05, 4.69) is 5.32 Å². The molecule has 1 aromatic carbocycles. The fourth-order valence-electron chi connectivity index (χ4n) is 1.86. The predicted molar refractivity (Wildman–Crippen MR) is 80.5 cm³/mol. The Kier molecular flexibility index (Phi) is 5.84. The van der Waals surface area contributed by atoms with Crippen LogP contribution in [0.4, 0.5) is 10.1 Å². The normalized spacial score (nSPS) is 12.1. The molecule has 0 aliphatic heterocycles. The summed E-state index contributed by atoms with van der Waals surface area (Å²) in [6.45, 7) is 3.94. The van der Waals surface area contributed by atoms with Crippen LogP contribution in [0.25, 0.3) is 0 Å². The zero-order chi connectivity index (χ0) is 16.2. The molecule has 21 heavy (non-hydrogen) atoms. The van der Waals surface area contributed by atoms with E-state index in [0.717, 1.165) is 6.07 Å². The van der Waals surface area contributed by atoms with Crippen molar-refractivity contribution >= 4 is 17.5 Å². The Morgan fingerprint density at radius 2 is 1.95 bits per heavy atom. The number of nitrogens with two attached hydrogens (primary N) is 1. The maximum absolute atomic E-state index is 13.7. The Bertz CT molecular complexity index is 530. The van der Waals surface area contributed by atoms with Crippen LogP contribution in [0.1, 0.15) is 30.6 Å². The molecule has 1 rings (SSSR count). The van der Waals surface area contributed by atoms with E-state index in [4.69, 9.17) is 5.73 Å². The van der Waals surface area contributed by atoms with Crippen LogP contribution in [0.3, 0.4) is 0 Å². The standard InChI is InChI=1S/C15H22FN3O2/c1-9(2)7-13(17)14(20)18-10-5-6-12(16)11(8-10)15(21)19(3)4/h5-6,8-9,13H,7,17H2,1-4H3,(H,18,20)/t13-/m0/s1. The number of nitrogens with one attached hydrogen (secondary N) is 1. The molecule has 0 saturated carbocycles. The number of carbonyl (C=O) groups is 2. The minimum atomic E-state index is -0.636. The van der Waals surface area contributed by atoms with Gasteiger partial charge in [0.05, 0.1) is 11.6 Å². The average molecular weight is 295 g/mol. The zero-order valence-corrected chi connectivity index (χ0v) is 12.8. The van der Waals surface area contributed by atoms with Crippen molar-refractivity contribution in [1.29, 1.82) is 0 Å². The molecule has 6 heteroatoms. The van der Waals surface area contributed by atoms with Gasteiger partial charge in [0.15, 0.2) is 0 Å². The number of anilines is 1. The van der Waals surface area contributed by atoms with Gasteiger partial charge in [-0.05, 0) is 30.5 Å². The van der Waals surface area contributed by atoms with E-state index in [1.165, 1.54) is 31.1 Å². The van der Waals surface area contributed by atoms with Crippen molar-refractivity contribution in [2.75, 3.05) is 19.4 Å². The Labute approximate surface area is 124 Å². The molecule has 0 bridgehead atoms. The van der Waals surface area contributed by atoms with Crippen LogP contribution in [-0.4, -0.2) is 36.9 Å². The molecule has 0 aliphatic carbocycles. The Morgan fingerprint density at radius 3 is 2.48 bits per heavy atom. The van der Waals surface area contributed by atoms with Gasteiger partial charge in [-0.1, -0.05) is 13.8 Å². The van der Waals surface area contributed by atoms with E-state index in [1.54, 1.807) is 0 Å². The number of carbonyl (C=O) groups excluding carboxylic acids is 2. The molecular formula is C15H22FN3O2. The number of hydrogen-bond acceptors (Lipinski definition) is 3. The molecule has 0 unspecified atom stereocenters. The van der Waals surface area contributed by atoms with E-state index < -0.39 is 17.8 Å². The van der Waals surface area contributed by atoms with Crippen LogP contribution in [0.2, 0.25) is 0 Å². The minimum Gasteiger partial charge on any atom is -0.345 e. The molecule has 0 aromatic heterocycles. The lowest BCUT2D eigenvalue weighted by Gasteiger charge is -2.15. The number of rotatable bonds is 5. The van der Waals surface area contributed by atoms with Crippen LogP contribution in [0.15, 0.2) is 18.2 Å². The highest BCUT2D eigenvalue weighted by Gasteiger charge is 2.18. The maximum atomic E-state index is 13.7. The molecule has 0 saturated heterocycles. The van der Waals surface area contributed by atoms with Crippen molar-refractivity contribution in [3.63, 3.8) is 0 Å². The first kappa shape index (κ1) is 17.1. The Hall–Kier alpha value is -1.95. The summed E-state index contributed by atoms with van der Waals surface area (Å²) < 4.78 is 13.7. The van der Waals surface area contributed by atoms with Gasteiger partial charge in [0.25, 0.3) is 5.91 Å². The van der Waals surface area contributed by atoms with E-state index in [-0.39, 0.29) is 11.5 Å². The lowest BCUT2D eigenvalue weighted by atomic mass is 10.0. The highest BCUT2D eigenvalue weighted by Crippen LogP contribution is 2.17. The molecule has 0 radical (unpaired) electrons. The van der Waals surface area contributed by atoms with Gasteiger partial charge >= 0.3 is 0 Å². The first-order chi connectivity index (χ1) is 9.72. The van der Waals surface area contributed by atoms with Gasteiger partial charge < -0.3 is 16.0 Å². The van der Waals surface area contributed by atoms with Crippen molar-refractivity contribution in [2.24, 2.45) is 11.7 Å². The van der Waals surface area contributed by atoms with E-state index >= 15 is 0 Å². The van der Waals surface area contributed by atoms with E-state index in [1.807, 2.05) is 13.8 Å². The Balaban J connectivity index is 2.88. The number of amides is 2. The average Bonchev–Trinajstić information content (AvgIpc) is 2.39. The second-order valence-electron chi connectivity index (χ2n) is 5.62. The van der Waals surface area contributed by atoms with E-state index in [9.17, 15) is 14.0 Å². The fraction of sp³-hybridized carbons (Fsp3) is 0.467. The van der Waals surface area contributed by atoms with Gasteiger partial charge in [-0.3, -0.25) is 9.59 Å². The van der Waals surface area contributed by atoms with Gasteiger partial charge in [0.1, 0.15) is 5.82 Å². The molecule has 0 fully saturated rings. The fourth-order valence-corrected chi connectivity index (χ4v) is 1.86. The zero-order valence-electron chi connectivity index (χ0n) is 12.8. The van der Waals surface area contributed by atoms with Crippen LogP contribution in [0.5, 0.6) is 0 Å². The van der Waals surface area contributed by atoms with Crippen molar-refractivity contribution < 1.29 is 14.0 Å². The molecule has 0 spiro atoms. The summed E-state index contributed by atoms with van der Waals surface area (Å²) >= 11 is 0. The van der Waals surface area contributed by atoms with Crippen molar-refractivity contribution in [2.45, 2.75) is 26.3 Å². The van der Waals surface area contributed by atoms with Crippen molar-refractivity contribution in [3.8, 4) is 0 Å². The molecule has 0 aliphatic rings. The van der Waals surface area contributed by atoms with Crippen molar-refractivity contribution in [1.82, 2.24) is 4.90 Å². The van der Waals surface area contributed by atoms with Crippen LogP contribution >= 0.6 is 0 Å². The summed E-state index contributed by atoms with van der Waals surface area (Å²) in [6, 6.07) is 3.24. The van der Waals surface area contributed by atoms with Crippen molar-refractivity contribution in [3.05, 3.63) is 29.6 Å². The number of hydrogen-bond donors (Lipinski definition) is 2. The highest BCUT2D eigenvalue weighted by atomic mass is 19.1. The second-order valence-corrected chi connectivity index (χ2v) is 5.62. The van der Waals surface area contributed by atoms with Gasteiger partial charge in [-0.15, -0.1) is 0 Å². The Morgan fingerprint density at radius 1 is 1.33 bits per heavy atom. The van der Waals surface area contributed by atoms with E-state index in [0.29, 0.717) is 18.0 Å². The largest absolute Gasteiger partial charge is 0.345 e. The number of halogens is 1. The highest BCUT2D eigenvalue weighted by molar-refractivity contribution is 5.98. The molecule has 0 heterocycles. The monoisotopic (exact) mass is 295 g/mol. The number of benzene rings is 1. The third-order valence-electron chi connectivity index (χ3n) is 2.93. The lowest BCUT2D eigenvalue weighted by Crippen LogP contribution is -2.36. The van der Waals surface area contributed by atoms with Crippen LogP contribution in [-0.2, 0) is 4.79 Å². The van der Waals surface area contributed by atoms with Gasteiger partial charge in [-0.25, -0.2) is 4.39 Å². The molecule has 116 valence electrons. The molecule has 3 N–H and O–H groups in total. The summed E-state index contributed by atoms with van der Waals surface area (Å²) in [5.41, 5.74) is 6.05. The molecule has 5 nitrogen and oxygen atoms in total. The van der Waals surface area contributed by atoms with Gasteiger partial charge in [-0.2, -0.15) is 0 Å². The molecule has 1 atom stereocenters. The van der Waals surface area contributed by atoms with Gasteiger partial charge in [0.2, 0.25) is 5.91 Å². The molecule has 1 aromatic rings. The smallest absolute Gasteiger partial charge is 0.256 e. The maximum Gasteiger partial charge on any atom is 0.256 e. The molecular weight excluding hydrogens is 273 g/mol. The predicted octanol–water partition coefficient (Wildman–Crippen LogP) is 1.84.